The fraction of sp³-hybridized carbons (Fsp3) is 0.368. The van der Waals surface area contributed by atoms with Gasteiger partial charge in [-0.2, -0.15) is 0 Å². The van der Waals surface area contributed by atoms with Crippen LogP contribution in [0.15, 0.2) is 42.8 Å². The topological polar surface area (TPSA) is 28.7 Å². The summed E-state index contributed by atoms with van der Waals surface area (Å²) in [5, 5.41) is 0. The van der Waals surface area contributed by atoms with Crippen molar-refractivity contribution in [3.8, 4) is 0 Å². The van der Waals surface area contributed by atoms with Gasteiger partial charge < -0.3 is 0 Å². The van der Waals surface area contributed by atoms with Crippen molar-refractivity contribution in [2.45, 2.75) is 48.4 Å². The van der Waals surface area contributed by atoms with Crippen LogP contribution in [0.25, 0.3) is 16.6 Å². The first-order valence-electron chi connectivity index (χ1n) is 8.15. The van der Waals surface area contributed by atoms with E-state index in [1.807, 2.05) is 40.6 Å². The smallest absolute Gasteiger partial charge is 0.0683 e. The molecule has 0 aliphatic rings. The number of nitrogens with one attached hydrogen (secondary N) is 1. The van der Waals surface area contributed by atoms with Crippen LogP contribution >= 0.6 is 0 Å². The third-order valence-electron chi connectivity index (χ3n) is 3.05. The van der Waals surface area contributed by atoms with Crippen molar-refractivity contribution in [1.29, 1.82) is 0 Å². The monoisotopic (exact) mass is 296 g/mol. The number of aromatic nitrogens is 2. The molecule has 0 bridgehead atoms. The van der Waals surface area contributed by atoms with E-state index in [0.717, 1.165) is 11.0 Å². The molecule has 1 aromatic carbocycles. The maximum atomic E-state index is 4.23. The molecular weight excluding hydrogens is 267 g/mol. The molecule has 0 spiro atoms. The van der Waals surface area contributed by atoms with Crippen molar-refractivity contribution in [2.24, 2.45) is 0 Å². The predicted octanol–water partition coefficient (Wildman–Crippen LogP) is 5.52. The van der Waals surface area contributed by atoms with Gasteiger partial charge in [0.15, 0.2) is 0 Å². The Bertz CT molecular complexity index is 634. The van der Waals surface area contributed by atoms with E-state index in [1.165, 1.54) is 16.6 Å². The van der Waals surface area contributed by atoms with Gasteiger partial charge in [0.2, 0.25) is 0 Å². The summed E-state index contributed by atoms with van der Waals surface area (Å²) in [6.45, 7) is 16.3. The standard InChI is InChI=1S/C15H17BN2.2C2H6/c1-4-12(6-5-11(2)16-3)13-7-8-14-15(9-13)18-10-17-14;2*1-2/h4-10H,1-3H3,(H,17,18);2*1-2H3/b6-5-,12-4+;;. The van der Waals surface area contributed by atoms with Gasteiger partial charge in [-0.3, -0.25) is 0 Å². The van der Waals surface area contributed by atoms with Gasteiger partial charge in [-0.05, 0) is 0 Å². The molecule has 22 heavy (non-hydrogen) atoms. The molecule has 0 aliphatic carbocycles. The molecule has 118 valence electrons. The zero-order chi connectivity index (χ0) is 17.0. The van der Waals surface area contributed by atoms with Gasteiger partial charge in [0.25, 0.3) is 0 Å². The minimum absolute atomic E-state index is 1.00. The number of hydrogen-bond acceptors (Lipinski definition) is 1. The van der Waals surface area contributed by atoms with Crippen molar-refractivity contribution in [3.05, 3.63) is 48.3 Å². The number of H-pyrrole nitrogens is 1. The molecule has 0 aliphatic heterocycles. The molecule has 0 saturated carbocycles. The van der Waals surface area contributed by atoms with Crippen LogP contribution in [0.2, 0.25) is 6.82 Å². The van der Waals surface area contributed by atoms with E-state index in [1.54, 1.807) is 6.33 Å². The SMILES string of the molecule is CB=C(C)/C=C\C(=C/C)c1ccc2nc[nH]c2c1.CC.CC. The summed E-state index contributed by atoms with van der Waals surface area (Å²) in [6.07, 6.45) is 8.12. The predicted molar refractivity (Wildman–Crippen MR) is 104 cm³/mol. The summed E-state index contributed by atoms with van der Waals surface area (Å²) in [7, 11) is 0. The number of aromatic amines is 1. The van der Waals surface area contributed by atoms with Gasteiger partial charge in [-0.15, -0.1) is 0 Å². The van der Waals surface area contributed by atoms with Crippen LogP contribution < -0.4 is 0 Å². The van der Waals surface area contributed by atoms with Gasteiger partial charge in [0.1, 0.15) is 0 Å². The number of fused-ring (bicyclic) bond motifs is 1. The second-order valence-corrected chi connectivity index (χ2v) is 4.24. The van der Waals surface area contributed by atoms with Crippen LogP contribution in [0.1, 0.15) is 47.1 Å². The van der Waals surface area contributed by atoms with Gasteiger partial charge in [-0.1, -0.05) is 27.7 Å². The Morgan fingerprint density at radius 2 is 1.82 bits per heavy atom. The van der Waals surface area contributed by atoms with Crippen LogP contribution in [0.4, 0.5) is 0 Å². The normalized spacial score (nSPS) is 11.4. The fourth-order valence-electron chi connectivity index (χ4n) is 1.79. The Kier molecular flexibility index (Phi) is 10.7. The van der Waals surface area contributed by atoms with E-state index in [-0.39, 0.29) is 0 Å². The quantitative estimate of drug-likeness (QED) is 0.586. The molecule has 0 amide bonds. The fourth-order valence-corrected chi connectivity index (χ4v) is 1.79. The molecule has 1 aromatic heterocycles. The first-order chi connectivity index (χ1) is 10.7. The Morgan fingerprint density at radius 3 is 2.41 bits per heavy atom. The van der Waals surface area contributed by atoms with Crippen molar-refractivity contribution in [2.75, 3.05) is 0 Å². The number of imidazole rings is 1. The van der Waals surface area contributed by atoms with Crippen molar-refractivity contribution < 1.29 is 0 Å². The van der Waals surface area contributed by atoms with Crippen LogP contribution in [0.3, 0.4) is 0 Å². The third kappa shape index (κ3) is 5.84. The van der Waals surface area contributed by atoms with E-state index >= 15 is 0 Å². The van der Waals surface area contributed by atoms with E-state index in [2.05, 4.69) is 61.1 Å². The second-order valence-electron chi connectivity index (χ2n) is 4.24. The van der Waals surface area contributed by atoms with E-state index in [0.29, 0.717) is 0 Å². The minimum Gasteiger partial charge on any atom is -0.0683 e. The zero-order valence-corrected chi connectivity index (χ0v) is 15.1. The van der Waals surface area contributed by atoms with Crippen molar-refractivity contribution in [1.82, 2.24) is 9.97 Å². The summed E-state index contributed by atoms with van der Waals surface area (Å²) < 4.78 is 0. The van der Waals surface area contributed by atoms with E-state index < -0.39 is 0 Å². The molecule has 1 N–H and O–H groups in total. The maximum Gasteiger partial charge on any atom is -0.0683 e. The van der Waals surface area contributed by atoms with Crippen LogP contribution in [-0.4, -0.2) is 22.4 Å². The second kappa shape index (κ2) is 11.7. The maximum absolute atomic E-state index is 4.23. The largest absolute Gasteiger partial charge is 0.0683 e. The summed E-state index contributed by atoms with van der Waals surface area (Å²) in [5.74, 6) is 0. The zero-order valence-electron chi connectivity index (χ0n) is 15.1. The molecule has 3 heteroatoms. The minimum atomic E-state index is 1.00. The van der Waals surface area contributed by atoms with E-state index in [4.69, 9.17) is 0 Å². The summed E-state index contributed by atoms with van der Waals surface area (Å²) in [6, 6.07) is 6.28. The van der Waals surface area contributed by atoms with Gasteiger partial charge in [-0.25, -0.2) is 0 Å². The number of benzene rings is 1. The number of rotatable bonds is 3. The van der Waals surface area contributed by atoms with Gasteiger partial charge in [0, 0.05) is 0 Å². The Morgan fingerprint density at radius 1 is 1.14 bits per heavy atom. The summed E-state index contributed by atoms with van der Waals surface area (Å²) in [4.78, 5) is 7.37. The number of hydrogen-bond donors (Lipinski definition) is 1. The molecule has 0 atom stereocenters. The van der Waals surface area contributed by atoms with Crippen molar-refractivity contribution in [3.63, 3.8) is 0 Å². The average molecular weight is 296 g/mol. The third-order valence-corrected chi connectivity index (χ3v) is 3.05. The number of nitrogens with zero attached hydrogens (tertiary/aromatic N) is 1. The molecule has 0 radical (unpaired) electrons. The summed E-state index contributed by atoms with van der Waals surface area (Å²) >= 11 is 0. The molecule has 2 aromatic rings. The summed E-state index contributed by atoms with van der Waals surface area (Å²) in [5.41, 5.74) is 5.75. The molecule has 0 fully saturated rings. The van der Waals surface area contributed by atoms with E-state index in [9.17, 15) is 0 Å². The Labute approximate surface area is 136 Å². The first kappa shape index (κ1) is 20.1. The van der Waals surface area contributed by atoms with Crippen molar-refractivity contribution >= 4 is 29.0 Å². The van der Waals surface area contributed by atoms with Crippen LogP contribution in [0, 0.1) is 0 Å². The Balaban J connectivity index is 0.00000102. The molecule has 2 nitrogen and oxygen atoms in total. The first-order valence-corrected chi connectivity index (χ1v) is 8.15. The van der Waals surface area contributed by atoms with Gasteiger partial charge in [0.05, 0.1) is 0 Å². The molecule has 0 saturated heterocycles. The average Bonchev–Trinajstić information content (AvgIpc) is 3.06. The Hall–Kier alpha value is -1.90. The molecular formula is C19H29BN2. The molecule has 1 heterocycles. The number of allylic oxidation sites excluding steroid dienone is 4. The molecule has 0 unspecified atom stereocenters. The van der Waals surface area contributed by atoms with Crippen LogP contribution in [0.5, 0.6) is 0 Å². The van der Waals surface area contributed by atoms with Crippen LogP contribution in [-0.2, 0) is 0 Å². The van der Waals surface area contributed by atoms with Gasteiger partial charge >= 0.3 is 108 Å². The molecule has 2 rings (SSSR count).